The van der Waals surface area contributed by atoms with E-state index in [1.54, 1.807) is 13.4 Å². The molecule has 1 fully saturated rings. The molecule has 0 saturated heterocycles. The molecule has 106 valence electrons. The average molecular weight is 336 g/mol. The Morgan fingerprint density at radius 2 is 2.15 bits per heavy atom. The Hall–Kier alpha value is -1.26. The SMILES string of the molecule is COc1ccc(Br)cc1CN(Cc1ccco1)C1CC1. The van der Waals surface area contributed by atoms with E-state index in [1.807, 2.05) is 24.3 Å². The van der Waals surface area contributed by atoms with Crippen LogP contribution in [0.15, 0.2) is 45.5 Å². The van der Waals surface area contributed by atoms with E-state index in [9.17, 15) is 0 Å². The molecule has 0 amide bonds. The van der Waals surface area contributed by atoms with Gasteiger partial charge in [-0.2, -0.15) is 0 Å². The first-order chi connectivity index (χ1) is 9.76. The third-order valence-corrected chi connectivity index (χ3v) is 4.11. The lowest BCUT2D eigenvalue weighted by molar-refractivity contribution is 0.222. The van der Waals surface area contributed by atoms with Crippen molar-refractivity contribution < 1.29 is 9.15 Å². The van der Waals surface area contributed by atoms with E-state index < -0.39 is 0 Å². The van der Waals surface area contributed by atoms with Gasteiger partial charge in [-0.3, -0.25) is 4.90 Å². The molecule has 0 unspecified atom stereocenters. The second-order valence-electron chi connectivity index (χ2n) is 5.17. The van der Waals surface area contributed by atoms with Crippen molar-refractivity contribution in [3.63, 3.8) is 0 Å². The van der Waals surface area contributed by atoms with Gasteiger partial charge in [0.05, 0.1) is 19.9 Å². The summed E-state index contributed by atoms with van der Waals surface area (Å²) < 4.78 is 12.0. The highest BCUT2D eigenvalue weighted by Gasteiger charge is 2.30. The maximum atomic E-state index is 5.48. The highest BCUT2D eigenvalue weighted by molar-refractivity contribution is 9.10. The van der Waals surface area contributed by atoms with Gasteiger partial charge >= 0.3 is 0 Å². The predicted octanol–water partition coefficient (Wildman–Crippen LogP) is 4.22. The molecule has 0 atom stereocenters. The molecule has 1 aromatic carbocycles. The van der Waals surface area contributed by atoms with E-state index in [0.717, 1.165) is 29.1 Å². The lowest BCUT2D eigenvalue weighted by Crippen LogP contribution is -2.25. The summed E-state index contributed by atoms with van der Waals surface area (Å²) in [4.78, 5) is 2.46. The average Bonchev–Trinajstić information content (AvgIpc) is 3.17. The maximum absolute atomic E-state index is 5.48. The van der Waals surface area contributed by atoms with Crippen LogP contribution in [0.4, 0.5) is 0 Å². The van der Waals surface area contributed by atoms with Gasteiger partial charge in [-0.1, -0.05) is 15.9 Å². The van der Waals surface area contributed by atoms with E-state index >= 15 is 0 Å². The first-order valence-electron chi connectivity index (χ1n) is 6.85. The molecule has 0 spiro atoms. The van der Waals surface area contributed by atoms with Crippen molar-refractivity contribution in [2.24, 2.45) is 0 Å². The van der Waals surface area contributed by atoms with Gasteiger partial charge in [0.25, 0.3) is 0 Å². The second kappa shape index (κ2) is 6.02. The Balaban J connectivity index is 1.77. The molecular weight excluding hydrogens is 318 g/mol. The van der Waals surface area contributed by atoms with Crippen molar-refractivity contribution >= 4 is 15.9 Å². The monoisotopic (exact) mass is 335 g/mol. The molecule has 0 N–H and O–H groups in total. The summed E-state index contributed by atoms with van der Waals surface area (Å²) >= 11 is 3.54. The summed E-state index contributed by atoms with van der Waals surface area (Å²) in [6.45, 7) is 1.74. The molecule has 0 bridgehead atoms. The zero-order valence-electron chi connectivity index (χ0n) is 11.5. The number of rotatable bonds is 6. The molecule has 1 saturated carbocycles. The van der Waals surface area contributed by atoms with Crippen LogP contribution in [0, 0.1) is 0 Å². The first kappa shape index (κ1) is 13.7. The number of benzene rings is 1. The molecule has 2 aromatic rings. The molecule has 1 aromatic heterocycles. The molecular formula is C16H18BrNO2. The van der Waals surface area contributed by atoms with E-state index in [2.05, 4.69) is 26.9 Å². The van der Waals surface area contributed by atoms with Crippen LogP contribution in [-0.2, 0) is 13.1 Å². The fraction of sp³-hybridized carbons (Fsp3) is 0.375. The van der Waals surface area contributed by atoms with Crippen LogP contribution in [-0.4, -0.2) is 18.1 Å². The van der Waals surface area contributed by atoms with Crippen molar-refractivity contribution in [1.29, 1.82) is 0 Å². The summed E-state index contributed by atoms with van der Waals surface area (Å²) in [5.41, 5.74) is 1.21. The zero-order chi connectivity index (χ0) is 13.9. The van der Waals surface area contributed by atoms with Gasteiger partial charge in [0.15, 0.2) is 0 Å². The van der Waals surface area contributed by atoms with Crippen molar-refractivity contribution in [3.05, 3.63) is 52.4 Å². The van der Waals surface area contributed by atoms with Crippen LogP contribution >= 0.6 is 15.9 Å². The number of furan rings is 1. The second-order valence-corrected chi connectivity index (χ2v) is 6.09. The van der Waals surface area contributed by atoms with Gasteiger partial charge in [0, 0.05) is 22.6 Å². The number of ether oxygens (including phenoxy) is 1. The topological polar surface area (TPSA) is 25.6 Å². The molecule has 1 aliphatic rings. The molecule has 0 radical (unpaired) electrons. The maximum Gasteiger partial charge on any atom is 0.123 e. The Bertz CT molecular complexity index is 564. The summed E-state index contributed by atoms with van der Waals surface area (Å²) in [7, 11) is 1.72. The van der Waals surface area contributed by atoms with Crippen molar-refractivity contribution in [2.45, 2.75) is 32.0 Å². The molecule has 1 heterocycles. The largest absolute Gasteiger partial charge is 0.496 e. The fourth-order valence-corrected chi connectivity index (χ4v) is 2.85. The van der Waals surface area contributed by atoms with Crippen molar-refractivity contribution in [1.82, 2.24) is 4.90 Å². The Morgan fingerprint density at radius 3 is 2.80 bits per heavy atom. The predicted molar refractivity (Wildman–Crippen MR) is 81.7 cm³/mol. The summed E-state index contributed by atoms with van der Waals surface area (Å²) in [5.74, 6) is 1.96. The van der Waals surface area contributed by atoms with Crippen LogP contribution in [0.5, 0.6) is 5.75 Å². The summed E-state index contributed by atoms with van der Waals surface area (Å²) in [5, 5.41) is 0. The van der Waals surface area contributed by atoms with E-state index in [0.29, 0.717) is 6.04 Å². The minimum atomic E-state index is 0.670. The van der Waals surface area contributed by atoms with E-state index in [-0.39, 0.29) is 0 Å². The number of methoxy groups -OCH3 is 1. The standard InChI is InChI=1S/C16H18BrNO2/c1-19-16-7-4-13(17)9-12(16)10-18(14-5-6-14)11-15-3-2-8-20-15/h2-4,7-9,14H,5-6,10-11H2,1H3. The van der Waals surface area contributed by atoms with Gasteiger partial charge in [0.1, 0.15) is 11.5 Å². The van der Waals surface area contributed by atoms with E-state index in [4.69, 9.17) is 9.15 Å². The molecule has 0 aliphatic heterocycles. The third-order valence-electron chi connectivity index (χ3n) is 3.62. The highest BCUT2D eigenvalue weighted by Crippen LogP contribution is 2.32. The molecule has 1 aliphatic carbocycles. The third kappa shape index (κ3) is 3.25. The Morgan fingerprint density at radius 1 is 1.30 bits per heavy atom. The van der Waals surface area contributed by atoms with Crippen LogP contribution in [0.2, 0.25) is 0 Å². The van der Waals surface area contributed by atoms with Crippen molar-refractivity contribution in [2.75, 3.05) is 7.11 Å². The van der Waals surface area contributed by atoms with Gasteiger partial charge in [-0.25, -0.2) is 0 Å². The number of halogens is 1. The van der Waals surface area contributed by atoms with Gasteiger partial charge < -0.3 is 9.15 Å². The van der Waals surface area contributed by atoms with Crippen LogP contribution in [0.3, 0.4) is 0 Å². The molecule has 3 rings (SSSR count). The van der Waals surface area contributed by atoms with Gasteiger partial charge in [-0.05, 0) is 43.2 Å². The summed E-state index contributed by atoms with van der Waals surface area (Å²) in [6.07, 6.45) is 4.29. The molecule has 3 nitrogen and oxygen atoms in total. The number of hydrogen-bond acceptors (Lipinski definition) is 3. The van der Waals surface area contributed by atoms with E-state index in [1.165, 1.54) is 18.4 Å². The fourth-order valence-electron chi connectivity index (χ4n) is 2.45. The molecule has 4 heteroatoms. The van der Waals surface area contributed by atoms with Gasteiger partial charge in [-0.15, -0.1) is 0 Å². The minimum Gasteiger partial charge on any atom is -0.496 e. The minimum absolute atomic E-state index is 0.670. The van der Waals surface area contributed by atoms with Crippen LogP contribution in [0.1, 0.15) is 24.2 Å². The lowest BCUT2D eigenvalue weighted by Gasteiger charge is -2.22. The molecule has 20 heavy (non-hydrogen) atoms. The van der Waals surface area contributed by atoms with Crippen LogP contribution in [0.25, 0.3) is 0 Å². The smallest absolute Gasteiger partial charge is 0.123 e. The lowest BCUT2D eigenvalue weighted by atomic mass is 10.2. The van der Waals surface area contributed by atoms with Crippen molar-refractivity contribution in [3.8, 4) is 5.75 Å². The highest BCUT2D eigenvalue weighted by atomic mass is 79.9. The Kier molecular flexibility index (Phi) is 4.13. The van der Waals surface area contributed by atoms with Crippen LogP contribution < -0.4 is 4.74 Å². The zero-order valence-corrected chi connectivity index (χ0v) is 13.1. The number of hydrogen-bond donors (Lipinski definition) is 0. The normalized spacial score (nSPS) is 14.8. The first-order valence-corrected chi connectivity index (χ1v) is 7.64. The summed E-state index contributed by atoms with van der Waals surface area (Å²) in [6, 6.07) is 10.8. The quantitative estimate of drug-likeness (QED) is 0.790. The van der Waals surface area contributed by atoms with Gasteiger partial charge in [0.2, 0.25) is 0 Å². The Labute approximate surface area is 127 Å². The number of nitrogens with zero attached hydrogens (tertiary/aromatic N) is 1.